The molecule has 1 saturated heterocycles. The number of thiol groups is 1. The van der Waals surface area contributed by atoms with Crippen LogP contribution in [0.2, 0.25) is 0 Å². The molecule has 64 valence electrons. The predicted octanol–water partition coefficient (Wildman–Crippen LogP) is -2.49. The molecule has 0 radical (unpaired) electrons. The van der Waals surface area contributed by atoms with Crippen molar-refractivity contribution in [2.24, 2.45) is 0 Å². The third-order valence-corrected chi connectivity index (χ3v) is 1.72. The summed E-state index contributed by atoms with van der Waals surface area (Å²) in [7, 11) is 0. The number of thiocarbonyl (C=S) groups is 1. The van der Waals surface area contributed by atoms with Crippen LogP contribution >= 0.6 is 24.8 Å². The molecule has 1 aliphatic rings. The fourth-order valence-corrected chi connectivity index (χ4v) is 0.987. The molecule has 1 fully saturated rings. The quantitative estimate of drug-likeness (QED) is 0.313. The second kappa shape index (κ2) is 7.55. The van der Waals surface area contributed by atoms with E-state index in [1.54, 1.807) is 0 Å². The third kappa shape index (κ3) is 5.75. The summed E-state index contributed by atoms with van der Waals surface area (Å²) in [5.74, 6) is 0. The van der Waals surface area contributed by atoms with Crippen molar-refractivity contribution in [3.05, 3.63) is 0 Å². The molecule has 0 atom stereocenters. The fraction of sp³-hybridized carbons (Fsp3) is 0.833. The van der Waals surface area contributed by atoms with Gasteiger partial charge in [0.25, 0.3) is 0 Å². The van der Waals surface area contributed by atoms with E-state index in [1.807, 2.05) is 0 Å². The largest absolute Gasteiger partial charge is 1.00 e. The predicted molar refractivity (Wildman–Crippen MR) is 49.9 cm³/mol. The molecule has 0 aromatic heterocycles. The Labute approximate surface area is 105 Å². The van der Waals surface area contributed by atoms with Crippen LogP contribution in [-0.4, -0.2) is 42.3 Å². The summed E-state index contributed by atoms with van der Waals surface area (Å²) in [5, 5.41) is 0. The Morgan fingerprint density at radius 2 is 2.08 bits per heavy atom. The monoisotopic (exact) mass is 216 g/mol. The van der Waals surface area contributed by atoms with E-state index in [1.165, 1.54) is 0 Å². The Morgan fingerprint density at radius 1 is 1.50 bits per heavy atom. The van der Waals surface area contributed by atoms with Gasteiger partial charge >= 0.3 is 29.6 Å². The van der Waals surface area contributed by atoms with Crippen LogP contribution < -0.4 is 29.6 Å². The Morgan fingerprint density at radius 3 is 2.58 bits per heavy atom. The number of ether oxygens (including phenoxy) is 2. The zero-order valence-electron chi connectivity index (χ0n) is 7.15. The number of rotatable bonds is 2. The van der Waals surface area contributed by atoms with E-state index in [4.69, 9.17) is 9.47 Å². The van der Waals surface area contributed by atoms with Crippen molar-refractivity contribution in [1.29, 1.82) is 0 Å². The molecule has 1 heterocycles. The average Bonchev–Trinajstić information content (AvgIpc) is 2.03. The van der Waals surface area contributed by atoms with Gasteiger partial charge in [0, 0.05) is 13.1 Å². The number of nitrogens with zero attached hydrogens (tertiary/aromatic N) is 1. The Kier molecular flexibility index (Phi) is 8.28. The van der Waals surface area contributed by atoms with Crippen molar-refractivity contribution in [3.8, 4) is 0 Å². The van der Waals surface area contributed by atoms with Crippen LogP contribution in [0.5, 0.6) is 0 Å². The van der Waals surface area contributed by atoms with Crippen molar-refractivity contribution in [1.82, 2.24) is 4.90 Å². The smallest absolute Gasteiger partial charge is 0.463 e. The number of hydrogen-bond acceptors (Lipinski definition) is 4. The van der Waals surface area contributed by atoms with E-state index in [0.29, 0.717) is 11.1 Å². The minimum atomic E-state index is 0. The van der Waals surface area contributed by atoms with Crippen LogP contribution in [0.15, 0.2) is 0 Å². The second-order valence-corrected chi connectivity index (χ2v) is 3.35. The normalized spacial score (nSPS) is 18.1. The summed E-state index contributed by atoms with van der Waals surface area (Å²) in [6.07, 6.45) is 0. The van der Waals surface area contributed by atoms with Gasteiger partial charge in [0.2, 0.25) is 4.38 Å². The van der Waals surface area contributed by atoms with Crippen molar-refractivity contribution >= 4 is 29.2 Å². The molecule has 0 N–H and O–H groups in total. The summed E-state index contributed by atoms with van der Waals surface area (Å²) in [6, 6.07) is 0. The zero-order valence-corrected chi connectivity index (χ0v) is 10.9. The maximum absolute atomic E-state index is 5.16. The minimum absolute atomic E-state index is 0. The molecule has 0 unspecified atom stereocenters. The topological polar surface area (TPSA) is 21.7 Å². The van der Waals surface area contributed by atoms with Crippen LogP contribution in [0.1, 0.15) is 0 Å². The summed E-state index contributed by atoms with van der Waals surface area (Å²) >= 11 is 8.50. The minimum Gasteiger partial charge on any atom is -0.463 e. The van der Waals surface area contributed by atoms with Crippen LogP contribution in [-0.2, 0) is 9.47 Å². The standard InChI is InChI=1S/C6H11NO2S2.Na/c10-6(11)9-5-7-1-3-8-4-2-7;/h1-5H2,(H,10,11);/q;+1. The fourth-order valence-electron chi connectivity index (χ4n) is 0.877. The van der Waals surface area contributed by atoms with Gasteiger partial charge in [-0.3, -0.25) is 4.90 Å². The molecular formula is C6H11NNaO2S2+. The SMILES string of the molecule is S=C(S)OCN1CCOCC1.[Na+]. The third-order valence-electron chi connectivity index (χ3n) is 1.47. The Bertz CT molecular complexity index is 142. The van der Waals surface area contributed by atoms with Crippen molar-refractivity contribution in [2.75, 3.05) is 33.0 Å². The summed E-state index contributed by atoms with van der Waals surface area (Å²) in [6.45, 7) is 3.92. The van der Waals surface area contributed by atoms with E-state index in [0.717, 1.165) is 26.3 Å². The van der Waals surface area contributed by atoms with Gasteiger partial charge in [-0.15, -0.1) is 0 Å². The van der Waals surface area contributed by atoms with Gasteiger partial charge in [-0.2, -0.15) is 0 Å². The molecule has 0 saturated carbocycles. The van der Waals surface area contributed by atoms with Gasteiger partial charge in [0.05, 0.1) is 13.2 Å². The first kappa shape index (κ1) is 13.2. The maximum atomic E-state index is 5.16. The van der Waals surface area contributed by atoms with Gasteiger partial charge in [0.1, 0.15) is 6.73 Å². The van der Waals surface area contributed by atoms with E-state index < -0.39 is 0 Å². The molecule has 12 heavy (non-hydrogen) atoms. The van der Waals surface area contributed by atoms with Crippen LogP contribution in [0, 0.1) is 0 Å². The average molecular weight is 216 g/mol. The molecule has 0 aromatic rings. The molecule has 1 rings (SSSR count). The first-order valence-electron chi connectivity index (χ1n) is 3.45. The molecule has 0 spiro atoms. The molecule has 3 nitrogen and oxygen atoms in total. The van der Waals surface area contributed by atoms with Crippen LogP contribution in [0.25, 0.3) is 0 Å². The van der Waals surface area contributed by atoms with Gasteiger partial charge < -0.3 is 9.47 Å². The van der Waals surface area contributed by atoms with E-state index in [9.17, 15) is 0 Å². The summed E-state index contributed by atoms with van der Waals surface area (Å²) in [5.41, 5.74) is 0. The molecule has 0 aromatic carbocycles. The Balaban J connectivity index is 0.00000121. The van der Waals surface area contributed by atoms with Crippen LogP contribution in [0.4, 0.5) is 0 Å². The summed E-state index contributed by atoms with van der Waals surface area (Å²) < 4.78 is 10.5. The van der Waals surface area contributed by atoms with Gasteiger partial charge in [0.15, 0.2) is 0 Å². The van der Waals surface area contributed by atoms with E-state index in [2.05, 4.69) is 29.7 Å². The van der Waals surface area contributed by atoms with Gasteiger partial charge in [-0.1, -0.05) is 12.6 Å². The van der Waals surface area contributed by atoms with E-state index >= 15 is 0 Å². The Hall–Kier alpha value is 1.16. The molecule has 0 amide bonds. The number of morpholine rings is 1. The molecule has 0 aliphatic carbocycles. The molecule has 0 bridgehead atoms. The van der Waals surface area contributed by atoms with Gasteiger partial charge in [-0.05, 0) is 12.2 Å². The summed E-state index contributed by atoms with van der Waals surface area (Å²) in [4.78, 5) is 2.13. The molecular weight excluding hydrogens is 205 g/mol. The zero-order chi connectivity index (χ0) is 8.10. The maximum Gasteiger partial charge on any atom is 1.00 e. The first-order valence-corrected chi connectivity index (χ1v) is 4.30. The van der Waals surface area contributed by atoms with Gasteiger partial charge in [-0.25, -0.2) is 0 Å². The molecule has 6 heteroatoms. The first-order chi connectivity index (χ1) is 5.29. The molecule has 1 aliphatic heterocycles. The van der Waals surface area contributed by atoms with Crippen molar-refractivity contribution < 1.29 is 39.0 Å². The van der Waals surface area contributed by atoms with Crippen molar-refractivity contribution in [3.63, 3.8) is 0 Å². The van der Waals surface area contributed by atoms with E-state index in [-0.39, 0.29) is 29.6 Å². The number of hydrogen-bond donors (Lipinski definition) is 1. The van der Waals surface area contributed by atoms with Crippen LogP contribution in [0.3, 0.4) is 0 Å². The van der Waals surface area contributed by atoms with Crippen molar-refractivity contribution in [2.45, 2.75) is 0 Å². The second-order valence-electron chi connectivity index (χ2n) is 2.27.